The Balaban J connectivity index is 1.92. The normalized spacial score (nSPS) is 15.5. The molecule has 1 radical (unpaired) electrons. The Labute approximate surface area is 168 Å². The van der Waals surface area contributed by atoms with E-state index in [1.807, 2.05) is 30.3 Å². The minimum atomic E-state index is -3.67. The third kappa shape index (κ3) is 4.86. The molecule has 2 aromatic carbocycles. The summed E-state index contributed by atoms with van der Waals surface area (Å²) in [4.78, 5) is 0.225. The van der Waals surface area contributed by atoms with Crippen molar-refractivity contribution < 1.29 is 17.9 Å². The molecule has 0 aromatic heterocycles. The first-order valence-electron chi connectivity index (χ1n) is 9.62. The number of nitrogens with zero attached hydrogens (tertiary/aromatic N) is 1. The van der Waals surface area contributed by atoms with Crippen LogP contribution in [0.15, 0.2) is 53.4 Å². The standard InChI is InChI=1S/C22H28NO4S/c1-26-21-14-13-20(15-22(21)27-2)28(24,25)23(16-18-9-5-3-6-10-18)17-19-11-7-4-8-12-19/h3-6,9-10,13-15,19H,7-8,11-12,16-17H2,1-2H3. The summed E-state index contributed by atoms with van der Waals surface area (Å²) in [5.41, 5.74) is 0.980. The summed E-state index contributed by atoms with van der Waals surface area (Å²) in [6.45, 7) is 0.886. The first kappa shape index (κ1) is 20.7. The average molecular weight is 403 g/mol. The van der Waals surface area contributed by atoms with Crippen LogP contribution in [0.2, 0.25) is 0 Å². The Morgan fingerprint density at radius 3 is 2.29 bits per heavy atom. The second-order valence-electron chi connectivity index (χ2n) is 7.11. The molecule has 2 aromatic rings. The average Bonchev–Trinajstić information content (AvgIpc) is 2.74. The Hall–Kier alpha value is -2.05. The van der Waals surface area contributed by atoms with Crippen molar-refractivity contribution in [1.82, 2.24) is 4.31 Å². The van der Waals surface area contributed by atoms with Gasteiger partial charge in [0.05, 0.1) is 19.1 Å². The molecule has 1 saturated carbocycles. The number of benzene rings is 2. The molecule has 0 amide bonds. The summed E-state index contributed by atoms with van der Waals surface area (Å²) in [5.74, 6) is 1.30. The third-order valence-electron chi connectivity index (χ3n) is 5.21. The highest BCUT2D eigenvalue weighted by Gasteiger charge is 2.29. The lowest BCUT2D eigenvalue weighted by Gasteiger charge is -2.29. The molecule has 0 saturated heterocycles. The van der Waals surface area contributed by atoms with Crippen LogP contribution >= 0.6 is 0 Å². The van der Waals surface area contributed by atoms with Crippen molar-refractivity contribution in [2.45, 2.75) is 37.1 Å². The lowest BCUT2D eigenvalue weighted by molar-refractivity contribution is 0.294. The number of ether oxygens (including phenoxy) is 2. The second kappa shape index (κ2) is 9.43. The Morgan fingerprint density at radius 2 is 1.64 bits per heavy atom. The number of hydrogen-bond acceptors (Lipinski definition) is 4. The van der Waals surface area contributed by atoms with Gasteiger partial charge in [0.2, 0.25) is 10.0 Å². The maximum atomic E-state index is 13.5. The maximum Gasteiger partial charge on any atom is 0.243 e. The summed E-state index contributed by atoms with van der Waals surface area (Å²) in [6, 6.07) is 14.5. The van der Waals surface area contributed by atoms with Crippen LogP contribution in [0.4, 0.5) is 0 Å². The highest BCUT2D eigenvalue weighted by Crippen LogP contribution is 2.32. The molecule has 0 heterocycles. The van der Waals surface area contributed by atoms with Gasteiger partial charge in [0.25, 0.3) is 0 Å². The van der Waals surface area contributed by atoms with Crippen LogP contribution in [0.1, 0.15) is 31.2 Å². The fourth-order valence-corrected chi connectivity index (χ4v) is 5.15. The Bertz CT molecular complexity index is 861. The maximum absolute atomic E-state index is 13.5. The lowest BCUT2D eigenvalue weighted by atomic mass is 9.89. The van der Waals surface area contributed by atoms with Gasteiger partial charge >= 0.3 is 0 Å². The molecule has 3 rings (SSSR count). The van der Waals surface area contributed by atoms with Crippen molar-refractivity contribution in [3.05, 3.63) is 60.5 Å². The Kier molecular flexibility index (Phi) is 6.97. The van der Waals surface area contributed by atoms with Crippen LogP contribution in [0.5, 0.6) is 11.5 Å². The van der Waals surface area contributed by atoms with Crippen molar-refractivity contribution in [3.8, 4) is 11.5 Å². The van der Waals surface area contributed by atoms with Crippen LogP contribution < -0.4 is 9.47 Å². The van der Waals surface area contributed by atoms with Gasteiger partial charge < -0.3 is 9.47 Å². The summed E-state index contributed by atoms with van der Waals surface area (Å²) in [6.07, 6.45) is 6.47. The number of sulfonamides is 1. The topological polar surface area (TPSA) is 55.8 Å². The molecule has 0 bridgehead atoms. The monoisotopic (exact) mass is 402 g/mol. The molecule has 0 unspecified atom stereocenters. The van der Waals surface area contributed by atoms with E-state index in [4.69, 9.17) is 9.47 Å². The zero-order chi connectivity index (χ0) is 20.0. The summed E-state index contributed by atoms with van der Waals surface area (Å²) in [5, 5.41) is 0. The predicted octanol–water partition coefficient (Wildman–Crippen LogP) is 4.29. The molecule has 1 aliphatic rings. The molecule has 0 atom stereocenters. The summed E-state index contributed by atoms with van der Waals surface area (Å²) >= 11 is 0. The fraction of sp³-hybridized carbons (Fsp3) is 0.409. The molecule has 1 fully saturated rings. The van der Waals surface area contributed by atoms with Gasteiger partial charge in [-0.05, 0) is 55.7 Å². The molecular weight excluding hydrogens is 374 g/mol. The van der Waals surface area contributed by atoms with Gasteiger partial charge in [-0.3, -0.25) is 0 Å². The number of hydrogen-bond donors (Lipinski definition) is 0. The van der Waals surface area contributed by atoms with Crippen molar-refractivity contribution >= 4 is 10.0 Å². The number of rotatable bonds is 8. The van der Waals surface area contributed by atoms with Crippen molar-refractivity contribution in [2.75, 3.05) is 20.8 Å². The van der Waals surface area contributed by atoms with E-state index in [1.54, 1.807) is 22.5 Å². The van der Waals surface area contributed by atoms with E-state index in [9.17, 15) is 8.42 Å². The van der Waals surface area contributed by atoms with Crippen molar-refractivity contribution in [3.63, 3.8) is 0 Å². The minimum Gasteiger partial charge on any atom is -0.493 e. The van der Waals surface area contributed by atoms with Gasteiger partial charge in [0, 0.05) is 19.2 Å². The van der Waals surface area contributed by atoms with Gasteiger partial charge in [0.15, 0.2) is 11.5 Å². The molecule has 0 N–H and O–H groups in total. The third-order valence-corrected chi connectivity index (χ3v) is 7.02. The quantitative estimate of drug-likeness (QED) is 0.661. The molecule has 6 heteroatoms. The van der Waals surface area contributed by atoms with Gasteiger partial charge in [-0.25, -0.2) is 8.42 Å². The van der Waals surface area contributed by atoms with Gasteiger partial charge in [-0.15, -0.1) is 0 Å². The van der Waals surface area contributed by atoms with Gasteiger partial charge in [-0.1, -0.05) is 30.3 Å². The Morgan fingerprint density at radius 1 is 0.964 bits per heavy atom. The number of methoxy groups -OCH3 is 2. The second-order valence-corrected chi connectivity index (χ2v) is 9.05. The van der Waals surface area contributed by atoms with Crippen LogP contribution in [-0.4, -0.2) is 33.5 Å². The van der Waals surface area contributed by atoms with E-state index in [1.165, 1.54) is 14.2 Å². The lowest BCUT2D eigenvalue weighted by Crippen LogP contribution is -2.35. The molecule has 28 heavy (non-hydrogen) atoms. The van der Waals surface area contributed by atoms with Crippen molar-refractivity contribution in [2.24, 2.45) is 5.92 Å². The van der Waals surface area contributed by atoms with Crippen molar-refractivity contribution in [1.29, 1.82) is 0 Å². The largest absolute Gasteiger partial charge is 0.493 e. The van der Waals surface area contributed by atoms with E-state index in [2.05, 4.69) is 6.42 Å². The summed E-state index contributed by atoms with van der Waals surface area (Å²) in [7, 11) is -0.625. The smallest absolute Gasteiger partial charge is 0.243 e. The molecule has 1 aliphatic carbocycles. The molecule has 0 aliphatic heterocycles. The predicted molar refractivity (Wildman–Crippen MR) is 110 cm³/mol. The zero-order valence-corrected chi connectivity index (χ0v) is 17.3. The van der Waals surface area contributed by atoms with Crippen LogP contribution in [0.3, 0.4) is 0 Å². The summed E-state index contributed by atoms with van der Waals surface area (Å²) < 4.78 is 39.2. The van der Waals surface area contributed by atoms with E-state index in [0.717, 1.165) is 31.2 Å². The van der Waals surface area contributed by atoms with Crippen LogP contribution in [0.25, 0.3) is 0 Å². The highest BCUT2D eigenvalue weighted by atomic mass is 32.2. The van der Waals surface area contributed by atoms with Crippen LogP contribution in [0, 0.1) is 12.3 Å². The minimum absolute atomic E-state index is 0.225. The first-order valence-corrected chi connectivity index (χ1v) is 11.1. The first-order chi connectivity index (χ1) is 13.5. The molecule has 0 spiro atoms. The SMILES string of the molecule is COc1ccc(S(=O)(=O)N(Cc2ccccc2)CC2CC[CH]CC2)cc1OC. The molecule has 5 nitrogen and oxygen atoms in total. The van der Waals surface area contributed by atoms with E-state index < -0.39 is 10.0 Å². The van der Waals surface area contributed by atoms with Crippen LogP contribution in [-0.2, 0) is 16.6 Å². The van der Waals surface area contributed by atoms with E-state index in [0.29, 0.717) is 30.5 Å². The van der Waals surface area contributed by atoms with Gasteiger partial charge in [0.1, 0.15) is 0 Å². The molecular formula is C22H28NO4S. The zero-order valence-electron chi connectivity index (χ0n) is 16.5. The van der Waals surface area contributed by atoms with Gasteiger partial charge in [-0.2, -0.15) is 4.31 Å². The fourth-order valence-electron chi connectivity index (χ4n) is 3.63. The van der Waals surface area contributed by atoms with E-state index >= 15 is 0 Å². The highest BCUT2D eigenvalue weighted by molar-refractivity contribution is 7.89. The van der Waals surface area contributed by atoms with E-state index in [-0.39, 0.29) is 4.90 Å². The molecule has 151 valence electrons.